The van der Waals surface area contributed by atoms with Crippen molar-refractivity contribution in [2.24, 2.45) is 10.9 Å². The predicted octanol–water partition coefficient (Wildman–Crippen LogP) is 0.577. The first kappa shape index (κ1) is 16.0. The van der Waals surface area contributed by atoms with Gasteiger partial charge in [-0.05, 0) is 33.1 Å². The van der Waals surface area contributed by atoms with Crippen molar-refractivity contribution in [1.29, 1.82) is 0 Å². The van der Waals surface area contributed by atoms with Gasteiger partial charge in [0.15, 0.2) is 5.76 Å². The molecule has 1 aliphatic rings. The van der Waals surface area contributed by atoms with Gasteiger partial charge in [-0.25, -0.2) is 13.6 Å². The number of nitrogens with zero attached hydrogens (tertiary/aromatic N) is 1. The number of carbonyl (C=O) groups is 1. The molecule has 2 heterocycles. The lowest BCUT2D eigenvalue weighted by Gasteiger charge is -2.37. The number of likely N-dealkylation sites (tertiary alicyclic amines) is 1. The Kier molecular flexibility index (Phi) is 4.40. The fourth-order valence-electron chi connectivity index (χ4n) is 2.75. The highest BCUT2D eigenvalue weighted by Crippen LogP contribution is 2.25. The van der Waals surface area contributed by atoms with Gasteiger partial charge >= 0.3 is 0 Å². The molecule has 0 radical (unpaired) electrons. The first-order valence-corrected chi connectivity index (χ1v) is 8.46. The summed E-state index contributed by atoms with van der Waals surface area (Å²) in [5, 5.41) is 5.09. The molecule has 1 aromatic rings. The molecule has 0 aliphatic carbocycles. The Bertz CT molecular complexity index is 636. The maximum absolute atomic E-state index is 12.5. The Morgan fingerprint density at radius 2 is 2.14 bits per heavy atom. The number of sulfonamides is 1. The Morgan fingerprint density at radius 1 is 1.48 bits per heavy atom. The second kappa shape index (κ2) is 5.78. The van der Waals surface area contributed by atoms with E-state index in [1.54, 1.807) is 4.90 Å². The quantitative estimate of drug-likeness (QED) is 0.845. The van der Waals surface area contributed by atoms with E-state index in [0.717, 1.165) is 19.3 Å². The fourth-order valence-corrected chi connectivity index (χ4v) is 3.46. The minimum Gasteiger partial charge on any atom is -0.455 e. The molecule has 1 aromatic heterocycles. The predicted molar refractivity (Wildman–Crippen MR) is 77.1 cm³/mol. The molecule has 0 aromatic carbocycles. The number of furan rings is 1. The number of aryl methyl sites for hydroxylation is 1. The summed E-state index contributed by atoms with van der Waals surface area (Å²) in [6, 6.07) is 0.984. The first-order valence-electron chi connectivity index (χ1n) is 6.91. The van der Waals surface area contributed by atoms with Crippen LogP contribution in [0.5, 0.6) is 0 Å². The molecule has 4 N–H and O–H groups in total. The zero-order chi connectivity index (χ0) is 15.8. The Labute approximate surface area is 124 Å². The maximum Gasteiger partial charge on any atom is 0.289 e. The van der Waals surface area contributed by atoms with E-state index in [0.29, 0.717) is 6.54 Å². The third-order valence-electron chi connectivity index (χ3n) is 3.81. The lowest BCUT2D eigenvalue weighted by atomic mass is 9.96. The lowest BCUT2D eigenvalue weighted by Crippen LogP contribution is -2.51. The second-order valence-electron chi connectivity index (χ2n) is 5.50. The summed E-state index contributed by atoms with van der Waals surface area (Å²) < 4.78 is 28.1. The molecule has 1 aliphatic heterocycles. The minimum absolute atomic E-state index is 0.0101. The molecule has 2 unspecified atom stereocenters. The number of primary sulfonamides is 1. The van der Waals surface area contributed by atoms with Crippen molar-refractivity contribution < 1.29 is 17.6 Å². The van der Waals surface area contributed by atoms with Crippen LogP contribution >= 0.6 is 0 Å². The smallest absolute Gasteiger partial charge is 0.289 e. The van der Waals surface area contributed by atoms with Gasteiger partial charge in [-0.1, -0.05) is 0 Å². The first-order chi connectivity index (χ1) is 9.71. The Hall–Kier alpha value is -1.38. The molecular formula is C13H21N3O4S. The van der Waals surface area contributed by atoms with Crippen molar-refractivity contribution in [1.82, 2.24) is 4.90 Å². The maximum atomic E-state index is 12.5. The van der Waals surface area contributed by atoms with Crippen molar-refractivity contribution in [2.45, 2.75) is 50.1 Å². The van der Waals surface area contributed by atoms with Gasteiger partial charge in [0.2, 0.25) is 10.0 Å². The van der Waals surface area contributed by atoms with Crippen LogP contribution in [0, 0.1) is 6.92 Å². The van der Waals surface area contributed by atoms with Crippen LogP contribution in [-0.2, 0) is 10.0 Å². The number of amides is 1. The molecule has 0 saturated carbocycles. The van der Waals surface area contributed by atoms with Crippen LogP contribution < -0.4 is 10.9 Å². The van der Waals surface area contributed by atoms with Crippen LogP contribution in [0.3, 0.4) is 0 Å². The van der Waals surface area contributed by atoms with Crippen LogP contribution in [0.2, 0.25) is 0 Å². The molecule has 2 atom stereocenters. The molecule has 0 bridgehead atoms. The molecule has 0 spiro atoms. The molecule has 7 nitrogen and oxygen atoms in total. The van der Waals surface area contributed by atoms with E-state index in [2.05, 4.69) is 0 Å². The van der Waals surface area contributed by atoms with Crippen molar-refractivity contribution in [3.63, 3.8) is 0 Å². The fraction of sp³-hybridized carbons (Fsp3) is 0.615. The second-order valence-corrected chi connectivity index (χ2v) is 7.03. The van der Waals surface area contributed by atoms with Gasteiger partial charge in [0.05, 0.1) is 0 Å². The third kappa shape index (κ3) is 3.28. The molecule has 2 rings (SSSR count). The molecule has 1 fully saturated rings. The zero-order valence-electron chi connectivity index (χ0n) is 12.2. The van der Waals surface area contributed by atoms with Crippen molar-refractivity contribution >= 4 is 15.9 Å². The lowest BCUT2D eigenvalue weighted by molar-refractivity contribution is 0.0550. The van der Waals surface area contributed by atoms with Gasteiger partial charge in [-0.15, -0.1) is 0 Å². The number of hydrogen-bond acceptors (Lipinski definition) is 5. The van der Waals surface area contributed by atoms with Crippen LogP contribution in [0.4, 0.5) is 0 Å². The van der Waals surface area contributed by atoms with E-state index in [1.807, 2.05) is 6.92 Å². The number of hydrogen-bond donors (Lipinski definition) is 2. The number of piperidine rings is 1. The summed E-state index contributed by atoms with van der Waals surface area (Å²) in [5.74, 6) is -0.228. The minimum atomic E-state index is -3.90. The highest BCUT2D eigenvalue weighted by molar-refractivity contribution is 7.89. The molecule has 1 saturated heterocycles. The largest absolute Gasteiger partial charge is 0.455 e. The summed E-state index contributed by atoms with van der Waals surface area (Å²) in [6.45, 7) is 3.92. The number of rotatable bonds is 3. The Balaban J connectivity index is 2.31. The zero-order valence-corrected chi connectivity index (χ0v) is 13.0. The highest BCUT2D eigenvalue weighted by Gasteiger charge is 2.32. The normalized spacial score (nSPS) is 21.3. The van der Waals surface area contributed by atoms with E-state index in [1.165, 1.54) is 13.0 Å². The van der Waals surface area contributed by atoms with Gasteiger partial charge in [0.25, 0.3) is 5.91 Å². The SMILES string of the molecule is Cc1oc(C(=O)N2CCCCC2C(C)N)cc1S(N)(=O)=O. The van der Waals surface area contributed by atoms with E-state index in [9.17, 15) is 13.2 Å². The number of carbonyl (C=O) groups excluding carboxylic acids is 1. The highest BCUT2D eigenvalue weighted by atomic mass is 32.2. The summed E-state index contributed by atoms with van der Waals surface area (Å²) in [7, 11) is -3.90. The topological polar surface area (TPSA) is 120 Å². The van der Waals surface area contributed by atoms with Gasteiger partial charge in [0, 0.05) is 24.7 Å². The van der Waals surface area contributed by atoms with Crippen molar-refractivity contribution in [3.8, 4) is 0 Å². The van der Waals surface area contributed by atoms with Gasteiger partial charge in [-0.3, -0.25) is 4.79 Å². The van der Waals surface area contributed by atoms with Crippen LogP contribution in [0.15, 0.2) is 15.4 Å². The van der Waals surface area contributed by atoms with Gasteiger partial charge < -0.3 is 15.1 Å². The monoisotopic (exact) mass is 315 g/mol. The standard InChI is InChI=1S/C13H21N3O4S/c1-8(14)10-5-3-4-6-16(10)13(17)11-7-12(9(2)20-11)21(15,18)19/h7-8,10H,3-6,14H2,1-2H3,(H2,15,18,19). The summed E-state index contributed by atoms with van der Waals surface area (Å²) in [6.07, 6.45) is 2.76. The summed E-state index contributed by atoms with van der Waals surface area (Å²) in [4.78, 5) is 14.1. The molecule has 21 heavy (non-hydrogen) atoms. The average Bonchev–Trinajstić information content (AvgIpc) is 2.80. The van der Waals surface area contributed by atoms with E-state index in [-0.39, 0.29) is 34.4 Å². The summed E-state index contributed by atoms with van der Waals surface area (Å²) >= 11 is 0. The van der Waals surface area contributed by atoms with Crippen molar-refractivity contribution in [3.05, 3.63) is 17.6 Å². The Morgan fingerprint density at radius 3 is 2.67 bits per heavy atom. The van der Waals surface area contributed by atoms with Gasteiger partial charge in [-0.2, -0.15) is 0 Å². The van der Waals surface area contributed by atoms with Crippen LogP contribution in [0.25, 0.3) is 0 Å². The van der Waals surface area contributed by atoms with E-state index >= 15 is 0 Å². The third-order valence-corrected chi connectivity index (χ3v) is 4.82. The average molecular weight is 315 g/mol. The van der Waals surface area contributed by atoms with Crippen LogP contribution in [-0.4, -0.2) is 37.9 Å². The molecule has 8 heteroatoms. The molecular weight excluding hydrogens is 294 g/mol. The van der Waals surface area contributed by atoms with Gasteiger partial charge in [0.1, 0.15) is 10.7 Å². The van der Waals surface area contributed by atoms with E-state index in [4.69, 9.17) is 15.3 Å². The molecule has 1 amide bonds. The van der Waals surface area contributed by atoms with Crippen molar-refractivity contribution in [2.75, 3.05) is 6.54 Å². The number of nitrogens with two attached hydrogens (primary N) is 2. The van der Waals surface area contributed by atoms with E-state index < -0.39 is 10.0 Å². The van der Waals surface area contributed by atoms with Crippen LogP contribution in [0.1, 0.15) is 42.5 Å². The summed E-state index contributed by atoms with van der Waals surface area (Å²) in [5.41, 5.74) is 5.94. The molecule has 118 valence electrons.